The fourth-order valence-corrected chi connectivity index (χ4v) is 6.17. The minimum Gasteiger partial charge on any atom is -0.259 e. The number of hydrogen-bond acceptors (Lipinski definition) is 6. The molecule has 24 heavy (non-hydrogen) atoms. The molecule has 0 aliphatic heterocycles. The number of aromatic nitrogens is 2. The number of nitrogens with zero attached hydrogens (tertiary/aromatic N) is 2. The minimum atomic E-state index is 0.990. The molecule has 2 aromatic heterocycles. The first-order chi connectivity index (χ1) is 11.8. The van der Waals surface area contributed by atoms with E-state index in [1.54, 1.807) is 21.6 Å². The average Bonchev–Trinajstić information content (AvgIpc) is 2.62. The molecule has 2 rings (SSSR count). The van der Waals surface area contributed by atoms with Gasteiger partial charge in [0.1, 0.15) is 0 Å². The Morgan fingerprint density at radius 3 is 1.62 bits per heavy atom. The van der Waals surface area contributed by atoms with E-state index in [4.69, 9.17) is 0 Å². The number of thioether (sulfide) groups is 2. The van der Waals surface area contributed by atoms with Crippen molar-refractivity contribution in [2.75, 3.05) is 11.5 Å². The van der Waals surface area contributed by atoms with E-state index < -0.39 is 0 Å². The van der Waals surface area contributed by atoms with Crippen molar-refractivity contribution in [3.8, 4) is 0 Å². The van der Waals surface area contributed by atoms with Crippen LogP contribution in [0, 0.1) is 0 Å². The van der Waals surface area contributed by atoms with Gasteiger partial charge in [0, 0.05) is 33.7 Å². The molecule has 0 aliphatic carbocycles. The summed E-state index contributed by atoms with van der Waals surface area (Å²) in [6, 6.07) is 8.40. The van der Waals surface area contributed by atoms with E-state index in [0.717, 1.165) is 11.5 Å². The van der Waals surface area contributed by atoms with Crippen LogP contribution < -0.4 is 0 Å². The van der Waals surface area contributed by atoms with E-state index in [-0.39, 0.29) is 0 Å². The fourth-order valence-electron chi connectivity index (χ4n) is 1.93. The normalized spacial score (nSPS) is 10.9. The van der Waals surface area contributed by atoms with Gasteiger partial charge in [0.2, 0.25) is 0 Å². The third kappa shape index (κ3) is 6.90. The predicted molar refractivity (Wildman–Crippen MR) is 113 cm³/mol. The van der Waals surface area contributed by atoms with Gasteiger partial charge >= 0.3 is 0 Å². The molecule has 0 bridgehead atoms. The molecule has 0 fully saturated rings. The molecule has 0 radical (unpaired) electrons. The Morgan fingerprint density at radius 1 is 0.750 bits per heavy atom. The molecular formula is C18H24N2S4. The Bertz CT molecular complexity index is 554. The van der Waals surface area contributed by atoms with Crippen molar-refractivity contribution in [2.45, 2.75) is 48.0 Å². The smallest absolute Gasteiger partial charge is 0.0646 e. The van der Waals surface area contributed by atoms with Gasteiger partial charge in [-0.05, 0) is 48.6 Å². The number of pyridine rings is 2. The molecule has 0 N–H and O–H groups in total. The molecule has 0 saturated heterocycles. The van der Waals surface area contributed by atoms with Crippen LogP contribution in [0.2, 0.25) is 0 Å². The number of hydrogen-bond donors (Lipinski definition) is 0. The van der Waals surface area contributed by atoms with Gasteiger partial charge in [-0.1, -0.05) is 35.4 Å². The van der Waals surface area contributed by atoms with Gasteiger partial charge in [-0.3, -0.25) is 9.97 Å². The summed E-state index contributed by atoms with van der Waals surface area (Å²) in [5, 5.41) is 0. The van der Waals surface area contributed by atoms with Crippen LogP contribution in [0.4, 0.5) is 0 Å². The lowest BCUT2D eigenvalue weighted by Crippen LogP contribution is -1.92. The largest absolute Gasteiger partial charge is 0.259 e. The Labute approximate surface area is 162 Å². The van der Waals surface area contributed by atoms with Gasteiger partial charge in [-0.25, -0.2) is 0 Å². The zero-order valence-corrected chi connectivity index (χ0v) is 17.5. The van der Waals surface area contributed by atoms with Crippen LogP contribution >= 0.6 is 45.1 Å². The van der Waals surface area contributed by atoms with Crippen molar-refractivity contribution >= 4 is 45.1 Å². The van der Waals surface area contributed by atoms with Gasteiger partial charge in [0.05, 0.1) is 11.4 Å². The quantitative estimate of drug-likeness (QED) is 0.315. The molecule has 2 nitrogen and oxygen atoms in total. The lowest BCUT2D eigenvalue weighted by Gasteiger charge is -2.09. The first-order valence-corrected chi connectivity index (χ1v) is 12.7. The van der Waals surface area contributed by atoms with Crippen LogP contribution in [0.25, 0.3) is 0 Å². The standard InChI is InChI=1S/C18H24N2S4/c1-3-11-21-13-15-17(7-5-9-19-15)23-24-18-8-6-10-20-16(18)14-22-12-4-2/h5-10H,3-4,11-14H2,1-2H3. The van der Waals surface area contributed by atoms with Gasteiger partial charge in [-0.15, -0.1) is 0 Å². The lowest BCUT2D eigenvalue weighted by molar-refractivity contribution is 1.07. The summed E-state index contributed by atoms with van der Waals surface area (Å²) in [5.41, 5.74) is 2.39. The van der Waals surface area contributed by atoms with E-state index in [1.807, 2.05) is 48.1 Å². The van der Waals surface area contributed by atoms with Crippen molar-refractivity contribution in [1.29, 1.82) is 0 Å². The molecule has 2 heterocycles. The first kappa shape index (κ1) is 20.0. The molecular weight excluding hydrogens is 372 g/mol. The summed E-state index contributed by atoms with van der Waals surface area (Å²) in [6.45, 7) is 4.44. The molecule has 0 aromatic carbocycles. The van der Waals surface area contributed by atoms with Crippen molar-refractivity contribution in [2.24, 2.45) is 0 Å². The fraction of sp³-hybridized carbons (Fsp3) is 0.444. The van der Waals surface area contributed by atoms with E-state index in [2.05, 4.69) is 35.9 Å². The van der Waals surface area contributed by atoms with Crippen molar-refractivity contribution in [3.05, 3.63) is 48.0 Å². The molecule has 6 heteroatoms. The maximum Gasteiger partial charge on any atom is 0.0646 e. The van der Waals surface area contributed by atoms with Crippen molar-refractivity contribution in [1.82, 2.24) is 9.97 Å². The predicted octanol–water partition coefficient (Wildman–Crippen LogP) is 6.56. The van der Waals surface area contributed by atoms with Crippen LogP contribution in [0.15, 0.2) is 46.5 Å². The second-order valence-corrected chi connectivity index (χ2v) is 9.59. The van der Waals surface area contributed by atoms with Crippen LogP contribution in [0.1, 0.15) is 38.1 Å². The summed E-state index contributed by atoms with van der Waals surface area (Å²) < 4.78 is 0. The van der Waals surface area contributed by atoms with Gasteiger partial charge in [0.25, 0.3) is 0 Å². The molecule has 0 saturated carbocycles. The topological polar surface area (TPSA) is 25.8 Å². The molecule has 130 valence electrons. The second-order valence-electron chi connectivity index (χ2n) is 5.17. The summed E-state index contributed by atoms with van der Waals surface area (Å²) in [4.78, 5) is 11.7. The molecule has 0 amide bonds. The molecule has 0 spiro atoms. The molecule has 0 unspecified atom stereocenters. The van der Waals surface area contributed by atoms with Crippen LogP contribution in [0.5, 0.6) is 0 Å². The Balaban J connectivity index is 1.98. The van der Waals surface area contributed by atoms with Gasteiger partial charge in [-0.2, -0.15) is 23.5 Å². The maximum atomic E-state index is 4.57. The van der Waals surface area contributed by atoms with Crippen LogP contribution in [0.3, 0.4) is 0 Å². The minimum absolute atomic E-state index is 0.990. The highest BCUT2D eigenvalue weighted by atomic mass is 33.1. The maximum absolute atomic E-state index is 4.57. The van der Waals surface area contributed by atoms with Crippen molar-refractivity contribution in [3.63, 3.8) is 0 Å². The molecule has 2 aromatic rings. The SMILES string of the molecule is CCCSCc1ncccc1SSc1cccnc1CSCCC. The Kier molecular flexibility index (Phi) is 10.1. The third-order valence-electron chi connectivity index (χ3n) is 3.09. The Morgan fingerprint density at radius 2 is 1.21 bits per heavy atom. The van der Waals surface area contributed by atoms with E-state index >= 15 is 0 Å². The highest BCUT2D eigenvalue weighted by Gasteiger charge is 2.09. The van der Waals surface area contributed by atoms with Crippen molar-refractivity contribution < 1.29 is 0 Å². The highest BCUT2D eigenvalue weighted by molar-refractivity contribution is 8.76. The molecule has 0 aliphatic rings. The van der Waals surface area contributed by atoms with E-state index in [0.29, 0.717) is 0 Å². The van der Waals surface area contributed by atoms with Crippen LogP contribution in [-0.2, 0) is 11.5 Å². The van der Waals surface area contributed by atoms with E-state index in [9.17, 15) is 0 Å². The van der Waals surface area contributed by atoms with Gasteiger partial charge in [0.15, 0.2) is 0 Å². The number of rotatable bonds is 11. The molecule has 0 atom stereocenters. The zero-order chi connectivity index (χ0) is 17.0. The summed E-state index contributed by atoms with van der Waals surface area (Å²) in [5.74, 6) is 4.36. The van der Waals surface area contributed by atoms with E-state index in [1.165, 1.54) is 45.5 Å². The van der Waals surface area contributed by atoms with Gasteiger partial charge < -0.3 is 0 Å². The summed E-state index contributed by atoms with van der Waals surface area (Å²) in [6.07, 6.45) is 6.22. The zero-order valence-electron chi connectivity index (χ0n) is 14.2. The highest BCUT2D eigenvalue weighted by Crippen LogP contribution is 2.40. The third-order valence-corrected chi connectivity index (χ3v) is 7.95. The lowest BCUT2D eigenvalue weighted by atomic mass is 10.4. The van der Waals surface area contributed by atoms with Crippen LogP contribution in [-0.4, -0.2) is 21.5 Å². The second kappa shape index (κ2) is 12.1. The monoisotopic (exact) mass is 396 g/mol. The summed E-state index contributed by atoms with van der Waals surface area (Å²) >= 11 is 3.92. The summed E-state index contributed by atoms with van der Waals surface area (Å²) in [7, 11) is 3.61. The Hall–Kier alpha value is -0.300. The first-order valence-electron chi connectivity index (χ1n) is 8.23. The average molecular weight is 397 g/mol.